The Hall–Kier alpha value is -2.94. The van der Waals surface area contributed by atoms with Crippen molar-refractivity contribution < 1.29 is 14.4 Å². The standard InChI is InChI=1S/C12H13N5O4/c1-7-6-14-12(16-13)15-11(7)21-10-5-8(17(18)19)3-4-9(10)20-2/h3-6H,13H2,1-2H3,(H,14,15,16). The third-order valence-corrected chi connectivity index (χ3v) is 2.62. The fourth-order valence-corrected chi connectivity index (χ4v) is 1.56. The highest BCUT2D eigenvalue weighted by Crippen LogP contribution is 2.35. The summed E-state index contributed by atoms with van der Waals surface area (Å²) < 4.78 is 10.7. The molecule has 0 saturated carbocycles. The Morgan fingerprint density at radius 1 is 1.38 bits per heavy atom. The molecule has 1 heterocycles. The number of anilines is 1. The highest BCUT2D eigenvalue weighted by Gasteiger charge is 2.15. The summed E-state index contributed by atoms with van der Waals surface area (Å²) in [4.78, 5) is 18.3. The molecule has 1 aromatic carbocycles. The predicted molar refractivity (Wildman–Crippen MR) is 74.3 cm³/mol. The van der Waals surface area contributed by atoms with Crippen LogP contribution in [0.4, 0.5) is 11.6 Å². The maximum Gasteiger partial charge on any atom is 0.273 e. The minimum atomic E-state index is -0.522. The number of nitrogen functional groups attached to an aromatic ring is 1. The summed E-state index contributed by atoms with van der Waals surface area (Å²) in [5.41, 5.74) is 2.82. The molecule has 0 saturated heterocycles. The Morgan fingerprint density at radius 3 is 2.76 bits per heavy atom. The van der Waals surface area contributed by atoms with E-state index in [1.165, 1.54) is 31.5 Å². The molecule has 0 spiro atoms. The van der Waals surface area contributed by atoms with E-state index in [2.05, 4.69) is 15.4 Å². The summed E-state index contributed by atoms with van der Waals surface area (Å²) in [6.45, 7) is 1.74. The van der Waals surface area contributed by atoms with Crippen molar-refractivity contribution in [1.29, 1.82) is 0 Å². The highest BCUT2D eigenvalue weighted by atomic mass is 16.6. The average molecular weight is 291 g/mol. The van der Waals surface area contributed by atoms with Crippen molar-refractivity contribution in [3.63, 3.8) is 0 Å². The maximum absolute atomic E-state index is 10.8. The monoisotopic (exact) mass is 291 g/mol. The second-order valence-electron chi connectivity index (χ2n) is 4.02. The van der Waals surface area contributed by atoms with Gasteiger partial charge in [0.1, 0.15) is 0 Å². The molecule has 0 bridgehead atoms. The molecule has 0 fully saturated rings. The highest BCUT2D eigenvalue weighted by molar-refractivity contribution is 5.50. The van der Waals surface area contributed by atoms with Crippen LogP contribution in [0.3, 0.4) is 0 Å². The van der Waals surface area contributed by atoms with E-state index in [0.29, 0.717) is 11.3 Å². The number of nitro groups is 1. The zero-order valence-electron chi connectivity index (χ0n) is 11.4. The van der Waals surface area contributed by atoms with Gasteiger partial charge in [-0.15, -0.1) is 0 Å². The third-order valence-electron chi connectivity index (χ3n) is 2.62. The number of non-ortho nitro benzene ring substituents is 1. The molecule has 0 radical (unpaired) electrons. The first kappa shape index (κ1) is 14.5. The topological polar surface area (TPSA) is 125 Å². The molecule has 0 unspecified atom stereocenters. The Morgan fingerprint density at radius 2 is 2.14 bits per heavy atom. The number of nitrogens with zero attached hydrogens (tertiary/aromatic N) is 3. The number of hydrogen-bond donors (Lipinski definition) is 2. The zero-order chi connectivity index (χ0) is 15.4. The van der Waals surface area contributed by atoms with Gasteiger partial charge in [-0.05, 0) is 13.0 Å². The lowest BCUT2D eigenvalue weighted by atomic mass is 10.3. The number of ether oxygens (including phenoxy) is 2. The SMILES string of the molecule is COc1ccc([N+](=O)[O-])cc1Oc1nc(NN)ncc1C. The van der Waals surface area contributed by atoms with Crippen molar-refractivity contribution in [1.82, 2.24) is 9.97 Å². The van der Waals surface area contributed by atoms with E-state index in [1.807, 2.05) is 0 Å². The molecule has 0 aliphatic heterocycles. The van der Waals surface area contributed by atoms with Gasteiger partial charge in [-0.1, -0.05) is 0 Å². The first-order valence-electron chi connectivity index (χ1n) is 5.85. The first-order valence-corrected chi connectivity index (χ1v) is 5.85. The summed E-state index contributed by atoms with van der Waals surface area (Å²) in [5.74, 6) is 6.15. The van der Waals surface area contributed by atoms with E-state index in [-0.39, 0.29) is 23.3 Å². The fourth-order valence-electron chi connectivity index (χ4n) is 1.56. The van der Waals surface area contributed by atoms with Gasteiger partial charge >= 0.3 is 0 Å². The van der Waals surface area contributed by atoms with Gasteiger partial charge in [-0.25, -0.2) is 10.8 Å². The predicted octanol–water partition coefficient (Wildman–Crippen LogP) is 1.78. The number of benzene rings is 1. The molecule has 0 amide bonds. The number of hydrazine groups is 1. The van der Waals surface area contributed by atoms with Gasteiger partial charge in [0.2, 0.25) is 11.8 Å². The van der Waals surface area contributed by atoms with E-state index < -0.39 is 4.92 Å². The van der Waals surface area contributed by atoms with Crippen LogP contribution in [-0.4, -0.2) is 22.0 Å². The maximum atomic E-state index is 10.8. The van der Waals surface area contributed by atoms with Crippen molar-refractivity contribution >= 4 is 11.6 Å². The Kier molecular flexibility index (Phi) is 4.14. The lowest BCUT2D eigenvalue weighted by molar-refractivity contribution is -0.384. The molecule has 0 aliphatic carbocycles. The van der Waals surface area contributed by atoms with Crippen molar-refractivity contribution in [3.8, 4) is 17.4 Å². The number of nitrogens with one attached hydrogen (secondary N) is 1. The summed E-state index contributed by atoms with van der Waals surface area (Å²) in [5, 5.41) is 10.8. The van der Waals surface area contributed by atoms with Crippen LogP contribution in [0.15, 0.2) is 24.4 Å². The van der Waals surface area contributed by atoms with Gasteiger partial charge in [-0.2, -0.15) is 4.98 Å². The van der Waals surface area contributed by atoms with Crippen LogP contribution in [-0.2, 0) is 0 Å². The summed E-state index contributed by atoms with van der Waals surface area (Å²) in [6, 6.07) is 4.04. The second-order valence-corrected chi connectivity index (χ2v) is 4.02. The van der Waals surface area contributed by atoms with Crippen LogP contribution in [0.25, 0.3) is 0 Å². The molecule has 9 nitrogen and oxygen atoms in total. The number of rotatable bonds is 5. The number of nitro benzene ring substituents is 1. The van der Waals surface area contributed by atoms with Gasteiger partial charge in [0.15, 0.2) is 11.5 Å². The first-order chi connectivity index (χ1) is 10.0. The van der Waals surface area contributed by atoms with Crippen LogP contribution in [0.1, 0.15) is 5.56 Å². The van der Waals surface area contributed by atoms with Crippen molar-refractivity contribution in [2.45, 2.75) is 6.92 Å². The molecule has 21 heavy (non-hydrogen) atoms. The van der Waals surface area contributed by atoms with E-state index >= 15 is 0 Å². The molecular formula is C12H13N5O4. The van der Waals surface area contributed by atoms with Crippen molar-refractivity contribution in [2.75, 3.05) is 12.5 Å². The average Bonchev–Trinajstić information content (AvgIpc) is 2.49. The molecule has 9 heteroatoms. The second kappa shape index (κ2) is 6.01. The summed E-state index contributed by atoms with van der Waals surface area (Å²) in [6.07, 6.45) is 1.52. The van der Waals surface area contributed by atoms with Crippen LogP contribution in [0.5, 0.6) is 17.4 Å². The minimum Gasteiger partial charge on any atom is -0.493 e. The normalized spacial score (nSPS) is 10.0. The number of aromatic nitrogens is 2. The third kappa shape index (κ3) is 3.15. The Labute approximate surface area is 119 Å². The van der Waals surface area contributed by atoms with Gasteiger partial charge in [0.25, 0.3) is 5.69 Å². The smallest absolute Gasteiger partial charge is 0.273 e. The van der Waals surface area contributed by atoms with Crippen LogP contribution < -0.4 is 20.7 Å². The van der Waals surface area contributed by atoms with E-state index in [9.17, 15) is 10.1 Å². The number of nitrogens with two attached hydrogens (primary N) is 1. The largest absolute Gasteiger partial charge is 0.493 e. The van der Waals surface area contributed by atoms with Crippen LogP contribution >= 0.6 is 0 Å². The van der Waals surface area contributed by atoms with Crippen molar-refractivity contribution in [3.05, 3.63) is 40.1 Å². The Bertz CT molecular complexity index is 677. The van der Waals surface area contributed by atoms with Gasteiger partial charge in [0, 0.05) is 17.8 Å². The lowest BCUT2D eigenvalue weighted by Gasteiger charge is -2.11. The van der Waals surface area contributed by atoms with E-state index in [4.69, 9.17) is 15.3 Å². The molecule has 2 rings (SSSR count). The van der Waals surface area contributed by atoms with Crippen LogP contribution in [0.2, 0.25) is 0 Å². The Balaban J connectivity index is 2.42. The van der Waals surface area contributed by atoms with Crippen LogP contribution in [0, 0.1) is 17.0 Å². The van der Waals surface area contributed by atoms with Gasteiger partial charge in [0.05, 0.1) is 18.1 Å². The fraction of sp³-hybridized carbons (Fsp3) is 0.167. The molecule has 1 aromatic heterocycles. The number of methoxy groups -OCH3 is 1. The quantitative estimate of drug-likeness (QED) is 0.485. The molecule has 0 aliphatic rings. The summed E-state index contributed by atoms with van der Waals surface area (Å²) >= 11 is 0. The van der Waals surface area contributed by atoms with Crippen molar-refractivity contribution in [2.24, 2.45) is 5.84 Å². The minimum absolute atomic E-state index is 0.116. The summed E-state index contributed by atoms with van der Waals surface area (Å²) in [7, 11) is 1.44. The van der Waals surface area contributed by atoms with E-state index in [1.54, 1.807) is 6.92 Å². The molecular weight excluding hydrogens is 278 g/mol. The molecule has 110 valence electrons. The van der Waals surface area contributed by atoms with Gasteiger partial charge in [-0.3, -0.25) is 15.5 Å². The number of aryl methyl sites for hydroxylation is 1. The lowest BCUT2D eigenvalue weighted by Crippen LogP contribution is -2.11. The van der Waals surface area contributed by atoms with E-state index in [0.717, 1.165) is 0 Å². The van der Waals surface area contributed by atoms with Gasteiger partial charge < -0.3 is 9.47 Å². The zero-order valence-corrected chi connectivity index (χ0v) is 11.4. The number of hydrogen-bond acceptors (Lipinski definition) is 8. The molecule has 3 N–H and O–H groups in total. The molecule has 2 aromatic rings. The molecule has 0 atom stereocenters.